The third-order valence-electron chi connectivity index (χ3n) is 4.97. The van der Waals surface area contributed by atoms with Gasteiger partial charge in [0.1, 0.15) is 6.61 Å². The molecule has 0 saturated carbocycles. The van der Waals surface area contributed by atoms with Gasteiger partial charge in [-0.3, -0.25) is 4.79 Å². The molecule has 148 valence electrons. The summed E-state index contributed by atoms with van der Waals surface area (Å²) >= 11 is 0. The van der Waals surface area contributed by atoms with Gasteiger partial charge in [-0.1, -0.05) is 48.5 Å². The maximum absolute atomic E-state index is 12.3. The number of hydrogen-bond acceptors (Lipinski definition) is 4. The first-order chi connectivity index (χ1) is 13.7. The number of nitrogens with one attached hydrogen (secondary N) is 2. The molecule has 6 heteroatoms. The molecule has 0 bridgehead atoms. The first-order valence-corrected chi connectivity index (χ1v) is 9.66. The first kappa shape index (κ1) is 19.7. The van der Waals surface area contributed by atoms with Crippen molar-refractivity contribution < 1.29 is 14.3 Å². The second-order valence-corrected chi connectivity index (χ2v) is 6.95. The predicted molar refractivity (Wildman–Crippen MR) is 109 cm³/mol. The van der Waals surface area contributed by atoms with E-state index in [9.17, 15) is 9.59 Å². The van der Waals surface area contributed by atoms with Gasteiger partial charge in [0.15, 0.2) is 0 Å². The molecule has 3 rings (SSSR count). The smallest absolute Gasteiger partial charge is 0.410 e. The van der Waals surface area contributed by atoms with Crippen molar-refractivity contribution in [1.82, 2.24) is 10.2 Å². The van der Waals surface area contributed by atoms with E-state index in [4.69, 9.17) is 4.74 Å². The molecule has 0 atom stereocenters. The molecule has 2 aromatic rings. The van der Waals surface area contributed by atoms with Crippen molar-refractivity contribution in [1.29, 1.82) is 0 Å². The number of benzene rings is 2. The molecule has 0 radical (unpaired) electrons. The van der Waals surface area contributed by atoms with Crippen LogP contribution in [0.4, 0.5) is 10.5 Å². The molecule has 1 aliphatic heterocycles. The molecular formula is C22H27N3O3. The molecule has 1 fully saturated rings. The Morgan fingerprint density at radius 2 is 1.71 bits per heavy atom. The lowest BCUT2D eigenvalue weighted by Gasteiger charge is -2.32. The Morgan fingerprint density at radius 3 is 2.43 bits per heavy atom. The van der Waals surface area contributed by atoms with Gasteiger partial charge in [0.25, 0.3) is 0 Å². The highest BCUT2D eigenvalue weighted by Gasteiger charge is 2.24. The number of amides is 2. The van der Waals surface area contributed by atoms with E-state index in [2.05, 4.69) is 10.6 Å². The molecule has 28 heavy (non-hydrogen) atoms. The normalized spacial score (nSPS) is 14.4. The lowest BCUT2D eigenvalue weighted by Crippen LogP contribution is -2.42. The highest BCUT2D eigenvalue weighted by Crippen LogP contribution is 2.21. The van der Waals surface area contributed by atoms with Gasteiger partial charge in [0, 0.05) is 31.9 Å². The van der Waals surface area contributed by atoms with Crippen molar-refractivity contribution in [2.75, 3.05) is 25.5 Å². The molecule has 1 aliphatic rings. The van der Waals surface area contributed by atoms with E-state index < -0.39 is 0 Å². The maximum atomic E-state index is 12.3. The summed E-state index contributed by atoms with van der Waals surface area (Å²) in [7, 11) is 1.64. The topological polar surface area (TPSA) is 70.7 Å². The van der Waals surface area contributed by atoms with Crippen LogP contribution in [0.15, 0.2) is 54.6 Å². The molecule has 6 nitrogen and oxygen atoms in total. The number of piperidine rings is 1. The largest absolute Gasteiger partial charge is 0.445 e. The average molecular weight is 381 g/mol. The molecule has 0 spiro atoms. The number of hydrogen-bond donors (Lipinski definition) is 2. The molecule has 2 aromatic carbocycles. The minimum Gasteiger partial charge on any atom is -0.445 e. The molecule has 1 saturated heterocycles. The maximum Gasteiger partial charge on any atom is 0.410 e. The Hall–Kier alpha value is -3.02. The van der Waals surface area contributed by atoms with Gasteiger partial charge >= 0.3 is 6.09 Å². The summed E-state index contributed by atoms with van der Waals surface area (Å²) in [5.41, 5.74) is 2.95. The monoisotopic (exact) mass is 381 g/mol. The summed E-state index contributed by atoms with van der Waals surface area (Å²) in [4.78, 5) is 25.8. The van der Waals surface area contributed by atoms with Gasteiger partial charge in [-0.25, -0.2) is 4.79 Å². The van der Waals surface area contributed by atoms with Gasteiger partial charge in [-0.2, -0.15) is 0 Å². The molecule has 0 aromatic heterocycles. The Balaban J connectivity index is 1.48. The van der Waals surface area contributed by atoms with E-state index in [1.165, 1.54) is 0 Å². The number of carbonyl (C=O) groups excluding carboxylic acids is 2. The minimum atomic E-state index is -0.262. The summed E-state index contributed by atoms with van der Waals surface area (Å²) in [5.74, 6) is -0.00905. The van der Waals surface area contributed by atoms with Gasteiger partial charge in [-0.15, -0.1) is 0 Å². The molecular weight excluding hydrogens is 354 g/mol. The fourth-order valence-electron chi connectivity index (χ4n) is 3.31. The van der Waals surface area contributed by atoms with Gasteiger partial charge in [0.2, 0.25) is 5.91 Å². The number of anilines is 1. The average Bonchev–Trinajstić information content (AvgIpc) is 2.74. The highest BCUT2D eigenvalue weighted by atomic mass is 16.6. The van der Waals surface area contributed by atoms with E-state index >= 15 is 0 Å². The molecule has 1 heterocycles. The second kappa shape index (κ2) is 9.78. The summed E-state index contributed by atoms with van der Waals surface area (Å²) in [6.07, 6.45) is 1.77. The van der Waals surface area contributed by atoms with Crippen molar-refractivity contribution in [3.63, 3.8) is 0 Å². The zero-order valence-corrected chi connectivity index (χ0v) is 16.2. The van der Waals surface area contributed by atoms with Crippen LogP contribution in [0.5, 0.6) is 0 Å². The van der Waals surface area contributed by atoms with Crippen LogP contribution in [0.25, 0.3) is 0 Å². The Labute approximate surface area is 165 Å². The van der Waals surface area contributed by atoms with Crippen LogP contribution in [0.2, 0.25) is 0 Å². The zero-order valence-electron chi connectivity index (χ0n) is 16.2. The molecule has 2 amide bonds. The first-order valence-electron chi connectivity index (χ1n) is 9.66. The Morgan fingerprint density at radius 1 is 1.04 bits per heavy atom. The van der Waals surface area contributed by atoms with Gasteiger partial charge < -0.3 is 20.3 Å². The van der Waals surface area contributed by atoms with Crippen LogP contribution < -0.4 is 10.6 Å². The van der Waals surface area contributed by atoms with Crippen LogP contribution >= 0.6 is 0 Å². The summed E-state index contributed by atoms with van der Waals surface area (Å²) in [6.45, 7) is 1.61. The summed E-state index contributed by atoms with van der Waals surface area (Å²) in [5, 5.41) is 6.20. The van der Waals surface area contributed by atoms with E-state index in [1.807, 2.05) is 54.6 Å². The third-order valence-corrected chi connectivity index (χ3v) is 4.97. The Kier molecular flexibility index (Phi) is 6.89. The Bertz CT molecular complexity index is 787. The third kappa shape index (κ3) is 5.49. The summed E-state index contributed by atoms with van der Waals surface area (Å²) in [6, 6.07) is 17.8. The van der Waals surface area contributed by atoms with Crippen molar-refractivity contribution >= 4 is 17.7 Å². The van der Waals surface area contributed by atoms with E-state index in [0.717, 1.165) is 29.7 Å². The van der Waals surface area contributed by atoms with Gasteiger partial charge in [-0.05, 0) is 30.0 Å². The molecule has 2 N–H and O–H groups in total. The molecule has 0 aliphatic carbocycles. The number of ether oxygens (including phenoxy) is 1. The number of carbonyl (C=O) groups is 2. The van der Waals surface area contributed by atoms with Crippen LogP contribution in [0.1, 0.15) is 24.0 Å². The standard InChI is InChI=1S/C22H27N3O3/c1-23-21(26)15-18-9-5-6-10-20(18)24-19-11-13-25(14-12-19)22(27)28-16-17-7-3-2-4-8-17/h2-10,19,24H,11-16H2,1H3,(H,23,26). The predicted octanol–water partition coefficient (Wildman–Crippen LogP) is 3.19. The molecule has 0 unspecified atom stereocenters. The van der Waals surface area contributed by atoms with Crippen LogP contribution in [-0.4, -0.2) is 43.1 Å². The number of rotatable bonds is 6. The van der Waals surface area contributed by atoms with Crippen LogP contribution in [0.3, 0.4) is 0 Å². The lowest BCUT2D eigenvalue weighted by molar-refractivity contribution is -0.119. The van der Waals surface area contributed by atoms with Crippen molar-refractivity contribution in [3.8, 4) is 0 Å². The van der Waals surface area contributed by atoms with Crippen LogP contribution in [0, 0.1) is 0 Å². The fourth-order valence-corrected chi connectivity index (χ4v) is 3.31. The van der Waals surface area contributed by atoms with Crippen molar-refractivity contribution in [3.05, 3.63) is 65.7 Å². The SMILES string of the molecule is CNC(=O)Cc1ccccc1NC1CCN(C(=O)OCc2ccccc2)CC1. The van der Waals surface area contributed by atoms with Crippen molar-refractivity contribution in [2.45, 2.75) is 31.9 Å². The number of likely N-dealkylation sites (tertiary alicyclic amines) is 1. The number of likely N-dealkylation sites (N-methyl/N-ethyl adjacent to an activating group) is 1. The van der Waals surface area contributed by atoms with E-state index in [1.54, 1.807) is 11.9 Å². The summed E-state index contributed by atoms with van der Waals surface area (Å²) < 4.78 is 5.42. The minimum absolute atomic E-state index is 0.00905. The van der Waals surface area contributed by atoms with Crippen molar-refractivity contribution in [2.24, 2.45) is 0 Å². The number of nitrogens with zero attached hydrogens (tertiary/aromatic N) is 1. The van der Waals surface area contributed by atoms with Crippen LogP contribution in [-0.2, 0) is 22.6 Å². The highest BCUT2D eigenvalue weighted by molar-refractivity contribution is 5.80. The second-order valence-electron chi connectivity index (χ2n) is 6.95. The van der Waals surface area contributed by atoms with Gasteiger partial charge in [0.05, 0.1) is 6.42 Å². The quantitative estimate of drug-likeness (QED) is 0.806. The zero-order chi connectivity index (χ0) is 19.8. The fraction of sp³-hybridized carbons (Fsp3) is 0.364. The van der Waals surface area contributed by atoms with E-state index in [-0.39, 0.29) is 18.0 Å². The number of para-hydroxylation sites is 1. The lowest BCUT2D eigenvalue weighted by atomic mass is 10.0. The van der Waals surface area contributed by atoms with E-state index in [0.29, 0.717) is 26.1 Å².